The molecule has 68 valence electrons. The van der Waals surface area contributed by atoms with Crippen molar-refractivity contribution in [3.05, 3.63) is 29.6 Å². The largest absolute Gasteiger partial charge is 0.478 e. The molecule has 4 heteroatoms. The first-order chi connectivity index (χ1) is 6.18. The summed E-state index contributed by atoms with van der Waals surface area (Å²) in [5.41, 5.74) is 0.618. The Morgan fingerprint density at radius 3 is 3.00 bits per heavy atom. The van der Waals surface area contributed by atoms with Crippen molar-refractivity contribution in [1.82, 2.24) is 0 Å². The van der Waals surface area contributed by atoms with E-state index in [0.29, 0.717) is 5.56 Å². The summed E-state index contributed by atoms with van der Waals surface area (Å²) in [5.74, 6) is -1.48. The molecular weight excluding hydrogens is 175 g/mol. The van der Waals surface area contributed by atoms with Crippen LogP contribution >= 0.6 is 0 Å². The van der Waals surface area contributed by atoms with Crippen molar-refractivity contribution in [3.63, 3.8) is 0 Å². The molecule has 0 radical (unpaired) electrons. The first-order valence-corrected chi connectivity index (χ1v) is 3.85. The van der Waals surface area contributed by atoms with E-state index in [1.807, 2.05) is 0 Å². The van der Waals surface area contributed by atoms with Crippen molar-refractivity contribution in [2.24, 2.45) is 0 Å². The van der Waals surface area contributed by atoms with E-state index in [2.05, 4.69) is 0 Å². The molecule has 0 saturated heterocycles. The second-order valence-electron chi connectivity index (χ2n) is 2.88. The minimum atomic E-state index is -1.06. The van der Waals surface area contributed by atoms with Gasteiger partial charge in [-0.2, -0.15) is 0 Å². The van der Waals surface area contributed by atoms with Gasteiger partial charge in [-0.25, -0.2) is 9.18 Å². The van der Waals surface area contributed by atoms with Gasteiger partial charge in [0.25, 0.3) is 0 Å². The Bertz CT molecular complexity index is 362. The molecule has 0 aromatic heterocycles. The number of ether oxygens (including phenoxy) is 1. The fourth-order valence-corrected chi connectivity index (χ4v) is 1.37. The second-order valence-corrected chi connectivity index (χ2v) is 2.88. The fourth-order valence-electron chi connectivity index (χ4n) is 1.37. The van der Waals surface area contributed by atoms with Gasteiger partial charge < -0.3 is 9.84 Å². The second kappa shape index (κ2) is 2.73. The molecule has 1 aromatic rings. The van der Waals surface area contributed by atoms with Crippen molar-refractivity contribution >= 4 is 5.97 Å². The number of para-hydroxylation sites is 1. The summed E-state index contributed by atoms with van der Waals surface area (Å²) in [7, 11) is 0. The predicted octanol–water partition coefficient (Wildman–Crippen LogP) is 1.21. The number of hydrogen-bond donors (Lipinski definition) is 1. The Labute approximate surface area is 73.8 Å². The van der Waals surface area contributed by atoms with Gasteiger partial charge in [-0.15, -0.1) is 0 Å². The van der Waals surface area contributed by atoms with E-state index < -0.39 is 17.9 Å². The fraction of sp³-hybridized carbons (Fsp3) is 0.222. The molecule has 0 unspecified atom stereocenters. The van der Waals surface area contributed by atoms with Crippen molar-refractivity contribution in [3.8, 4) is 5.75 Å². The summed E-state index contributed by atoms with van der Waals surface area (Å²) in [6.45, 7) is 0. The van der Waals surface area contributed by atoms with Crippen LogP contribution < -0.4 is 4.74 Å². The first-order valence-electron chi connectivity index (χ1n) is 3.85. The number of carboxylic acid groups (broad SMARTS) is 1. The van der Waals surface area contributed by atoms with E-state index in [0.717, 1.165) is 0 Å². The maximum atomic E-state index is 13.0. The van der Waals surface area contributed by atoms with E-state index in [1.165, 1.54) is 6.07 Å². The molecule has 1 aromatic carbocycles. The lowest BCUT2D eigenvalue weighted by Crippen LogP contribution is -2.24. The number of hydrogen-bond acceptors (Lipinski definition) is 2. The van der Waals surface area contributed by atoms with Crippen molar-refractivity contribution in [2.75, 3.05) is 0 Å². The van der Waals surface area contributed by atoms with Gasteiger partial charge >= 0.3 is 5.97 Å². The molecule has 1 atom stereocenters. The van der Waals surface area contributed by atoms with Gasteiger partial charge in [-0.05, 0) is 6.07 Å². The minimum Gasteiger partial charge on any atom is -0.478 e. The molecule has 1 aliphatic heterocycles. The highest BCUT2D eigenvalue weighted by molar-refractivity contribution is 5.74. The Kier molecular flexibility index (Phi) is 1.69. The summed E-state index contributed by atoms with van der Waals surface area (Å²) < 4.78 is 17.9. The number of benzene rings is 1. The number of carbonyl (C=O) groups is 1. The van der Waals surface area contributed by atoms with Gasteiger partial charge in [-0.3, -0.25) is 0 Å². The van der Waals surface area contributed by atoms with Crippen LogP contribution in [0.25, 0.3) is 0 Å². The van der Waals surface area contributed by atoms with Gasteiger partial charge in [0.05, 0.1) is 0 Å². The van der Waals surface area contributed by atoms with Gasteiger partial charge in [0, 0.05) is 12.0 Å². The summed E-state index contributed by atoms with van der Waals surface area (Å²) in [6.07, 6.45) is -0.700. The molecule has 0 bridgehead atoms. The molecule has 1 aliphatic rings. The van der Waals surface area contributed by atoms with Crippen LogP contribution in [0.3, 0.4) is 0 Å². The zero-order chi connectivity index (χ0) is 9.42. The Balaban J connectivity index is 2.35. The normalized spacial score (nSPS) is 19.3. The predicted molar refractivity (Wildman–Crippen MR) is 42.2 cm³/mol. The van der Waals surface area contributed by atoms with E-state index in [4.69, 9.17) is 9.84 Å². The molecule has 2 rings (SSSR count). The summed E-state index contributed by atoms with van der Waals surface area (Å²) >= 11 is 0. The number of rotatable bonds is 1. The van der Waals surface area contributed by atoms with Crippen LogP contribution in [0, 0.1) is 5.82 Å². The monoisotopic (exact) mass is 182 g/mol. The van der Waals surface area contributed by atoms with Gasteiger partial charge in [-0.1, -0.05) is 12.1 Å². The zero-order valence-electron chi connectivity index (χ0n) is 6.66. The third-order valence-corrected chi connectivity index (χ3v) is 1.99. The molecule has 1 N–H and O–H groups in total. The van der Waals surface area contributed by atoms with Crippen LogP contribution in [0.2, 0.25) is 0 Å². The molecular formula is C9H7FO3. The van der Waals surface area contributed by atoms with Crippen LogP contribution in [-0.4, -0.2) is 17.2 Å². The van der Waals surface area contributed by atoms with Crippen molar-refractivity contribution in [1.29, 1.82) is 0 Å². The van der Waals surface area contributed by atoms with Crippen molar-refractivity contribution in [2.45, 2.75) is 12.5 Å². The highest BCUT2D eigenvalue weighted by Crippen LogP contribution is 2.31. The highest BCUT2D eigenvalue weighted by Gasteiger charge is 2.30. The molecule has 1 heterocycles. The van der Waals surface area contributed by atoms with Gasteiger partial charge in [0.15, 0.2) is 17.7 Å². The Morgan fingerprint density at radius 1 is 1.62 bits per heavy atom. The lowest BCUT2D eigenvalue weighted by molar-refractivity contribution is -0.144. The van der Waals surface area contributed by atoms with Crippen LogP contribution in [-0.2, 0) is 11.2 Å². The molecule has 13 heavy (non-hydrogen) atoms. The van der Waals surface area contributed by atoms with E-state index in [-0.39, 0.29) is 12.2 Å². The van der Waals surface area contributed by atoms with Crippen LogP contribution in [0.1, 0.15) is 5.56 Å². The molecule has 0 saturated carbocycles. The molecule has 0 spiro atoms. The molecule has 0 amide bonds. The van der Waals surface area contributed by atoms with Crippen LogP contribution in [0.5, 0.6) is 5.75 Å². The summed E-state index contributed by atoms with van der Waals surface area (Å²) in [5, 5.41) is 8.63. The highest BCUT2D eigenvalue weighted by atomic mass is 19.1. The topological polar surface area (TPSA) is 46.5 Å². The first kappa shape index (κ1) is 8.04. The SMILES string of the molecule is O=C(O)[C@@H]1Cc2cccc(F)c2O1. The average molecular weight is 182 g/mol. The molecule has 0 aliphatic carbocycles. The smallest absolute Gasteiger partial charge is 0.345 e. The lowest BCUT2D eigenvalue weighted by atomic mass is 10.1. The van der Waals surface area contributed by atoms with E-state index in [1.54, 1.807) is 12.1 Å². The van der Waals surface area contributed by atoms with Gasteiger partial charge in [0.2, 0.25) is 0 Å². The zero-order valence-corrected chi connectivity index (χ0v) is 6.66. The number of fused-ring (bicyclic) bond motifs is 1. The molecule has 3 nitrogen and oxygen atoms in total. The van der Waals surface area contributed by atoms with Gasteiger partial charge in [0.1, 0.15) is 0 Å². The molecule has 0 fully saturated rings. The Morgan fingerprint density at radius 2 is 2.38 bits per heavy atom. The third kappa shape index (κ3) is 1.24. The maximum absolute atomic E-state index is 13.0. The number of carboxylic acids is 1. The number of halogens is 1. The maximum Gasteiger partial charge on any atom is 0.345 e. The number of aliphatic carboxylic acids is 1. The van der Waals surface area contributed by atoms with E-state index in [9.17, 15) is 9.18 Å². The minimum absolute atomic E-state index is 0.0786. The standard InChI is InChI=1S/C9H7FO3/c10-6-3-1-2-5-4-7(9(11)12)13-8(5)6/h1-3,7H,4H2,(H,11,12)/t7-/m0/s1. The quantitative estimate of drug-likeness (QED) is 0.710. The van der Waals surface area contributed by atoms with E-state index >= 15 is 0 Å². The summed E-state index contributed by atoms with van der Waals surface area (Å²) in [4.78, 5) is 10.5. The third-order valence-electron chi connectivity index (χ3n) is 1.99. The Hall–Kier alpha value is -1.58. The van der Waals surface area contributed by atoms with Crippen molar-refractivity contribution < 1.29 is 19.0 Å². The average Bonchev–Trinajstić information content (AvgIpc) is 2.49. The summed E-state index contributed by atoms with van der Waals surface area (Å²) in [6, 6.07) is 4.46. The lowest BCUT2D eigenvalue weighted by Gasteiger charge is -2.03. The van der Waals surface area contributed by atoms with Crippen LogP contribution in [0.15, 0.2) is 18.2 Å². The van der Waals surface area contributed by atoms with Crippen LogP contribution in [0.4, 0.5) is 4.39 Å².